The third-order valence-electron chi connectivity index (χ3n) is 11.0. The molecule has 400 valence electrons. The molecule has 0 saturated heterocycles. The van der Waals surface area contributed by atoms with E-state index >= 15 is 0 Å². The molecule has 0 rings (SSSR count). The van der Waals surface area contributed by atoms with E-state index in [-0.39, 0.29) is 38.0 Å². The lowest BCUT2D eigenvalue weighted by Crippen LogP contribution is -2.30. The molecule has 0 heterocycles. The molecule has 0 bridgehead atoms. The Kier molecular flexibility index (Phi) is 54.1. The van der Waals surface area contributed by atoms with E-state index in [1.165, 1.54) is 32.1 Å². The second kappa shape index (κ2) is 58.3. The molecule has 0 aliphatic heterocycles. The van der Waals surface area contributed by atoms with Crippen molar-refractivity contribution >= 4 is 17.9 Å². The van der Waals surface area contributed by atoms with Gasteiger partial charge in [-0.25, -0.2) is 0 Å². The van der Waals surface area contributed by atoms with Crippen LogP contribution >= 0.6 is 0 Å². The van der Waals surface area contributed by atoms with E-state index in [2.05, 4.69) is 179 Å². The monoisotopic (exact) mass is 989 g/mol. The summed E-state index contributed by atoms with van der Waals surface area (Å²) < 4.78 is 16.6. The lowest BCUT2D eigenvalue weighted by molar-refractivity contribution is -0.166. The van der Waals surface area contributed by atoms with Crippen LogP contribution in [-0.4, -0.2) is 37.2 Å². The van der Waals surface area contributed by atoms with Gasteiger partial charge >= 0.3 is 17.9 Å². The minimum atomic E-state index is -0.839. The topological polar surface area (TPSA) is 78.9 Å². The maximum Gasteiger partial charge on any atom is 0.306 e. The molecule has 6 heteroatoms. The molecule has 0 aromatic rings. The van der Waals surface area contributed by atoms with Crippen molar-refractivity contribution in [2.45, 2.75) is 213 Å². The normalized spacial score (nSPS) is 13.4. The minimum Gasteiger partial charge on any atom is -0.462 e. The van der Waals surface area contributed by atoms with Crippen molar-refractivity contribution in [2.75, 3.05) is 13.2 Å². The van der Waals surface area contributed by atoms with E-state index in [1.54, 1.807) is 0 Å². The summed E-state index contributed by atoms with van der Waals surface area (Å²) in [5, 5.41) is 0. The van der Waals surface area contributed by atoms with Gasteiger partial charge in [0.2, 0.25) is 0 Å². The van der Waals surface area contributed by atoms with Gasteiger partial charge in [0.1, 0.15) is 13.2 Å². The molecule has 0 saturated carbocycles. The second-order valence-corrected chi connectivity index (χ2v) is 17.7. The lowest BCUT2D eigenvalue weighted by atomic mass is 10.1. The summed E-state index contributed by atoms with van der Waals surface area (Å²) in [5.74, 6) is -1.07. The van der Waals surface area contributed by atoms with Crippen LogP contribution in [0.2, 0.25) is 0 Å². The van der Waals surface area contributed by atoms with Crippen LogP contribution in [0.4, 0.5) is 0 Å². The summed E-state index contributed by atoms with van der Waals surface area (Å²) in [4.78, 5) is 37.8. The summed E-state index contributed by atoms with van der Waals surface area (Å²) in [6.45, 7) is 6.24. The number of allylic oxidation sites excluding steroid dienone is 28. The standard InChI is InChI=1S/C66H100O6/c1-4-7-10-13-16-19-21-23-24-25-26-27-28-29-30-31-32-33-34-35-36-37-38-39-40-41-42-44-45-47-50-53-56-59-65(68)71-62-63(61-70-64(67)58-55-52-49-18-15-12-9-6-3)72-66(69)60-57-54-51-48-46-43-22-20-17-14-11-8-5-2/h7-8,10-11,16-17,19-20,23-24,26-27,29-30,32-33,35-36,38-39,41-43,45-47,51,54,63H,4-6,9,12-15,18,21-22,25,28,31,34,37,40,44,48-50,52-53,55-62H2,1-3H3/b10-7-,11-8-,19-16-,20-17-,24-23-,27-26-,30-29-,33-32-,36-35-,39-38-,42-41-,46-43-,47-45-,54-51-. The molecule has 6 nitrogen and oxygen atoms in total. The molecule has 0 spiro atoms. The molecule has 1 unspecified atom stereocenters. The molecule has 0 aliphatic carbocycles. The lowest BCUT2D eigenvalue weighted by Gasteiger charge is -2.18. The number of esters is 3. The van der Waals surface area contributed by atoms with Gasteiger partial charge in [-0.05, 0) is 122 Å². The summed E-state index contributed by atoms with van der Waals surface area (Å²) in [5.41, 5.74) is 0. The first-order valence-electron chi connectivity index (χ1n) is 28.1. The number of unbranched alkanes of at least 4 members (excludes halogenated alkanes) is 9. The quantitative estimate of drug-likeness (QED) is 0.0262. The van der Waals surface area contributed by atoms with Gasteiger partial charge in [0.05, 0.1) is 0 Å². The molecule has 0 fully saturated rings. The van der Waals surface area contributed by atoms with Crippen molar-refractivity contribution in [1.29, 1.82) is 0 Å². The smallest absolute Gasteiger partial charge is 0.306 e. The average Bonchev–Trinajstić information content (AvgIpc) is 3.38. The Bertz CT molecular complexity index is 1700. The molecule has 0 amide bonds. The highest BCUT2D eigenvalue weighted by atomic mass is 16.6. The van der Waals surface area contributed by atoms with Crippen LogP contribution in [0.1, 0.15) is 207 Å². The van der Waals surface area contributed by atoms with Crippen molar-refractivity contribution in [3.8, 4) is 0 Å². The van der Waals surface area contributed by atoms with Gasteiger partial charge in [-0.2, -0.15) is 0 Å². The Balaban J connectivity index is 4.33. The highest BCUT2D eigenvalue weighted by Crippen LogP contribution is 2.11. The van der Waals surface area contributed by atoms with Crippen molar-refractivity contribution in [3.05, 3.63) is 170 Å². The van der Waals surface area contributed by atoms with Crippen molar-refractivity contribution in [3.63, 3.8) is 0 Å². The van der Waals surface area contributed by atoms with E-state index < -0.39 is 12.1 Å². The van der Waals surface area contributed by atoms with Gasteiger partial charge in [-0.3, -0.25) is 14.4 Å². The molecule has 0 radical (unpaired) electrons. The maximum atomic E-state index is 12.7. The zero-order valence-electron chi connectivity index (χ0n) is 45.6. The summed E-state index contributed by atoms with van der Waals surface area (Å²) in [6, 6.07) is 0. The van der Waals surface area contributed by atoms with Crippen molar-refractivity contribution < 1.29 is 28.6 Å². The number of rotatable bonds is 48. The Morgan fingerprint density at radius 3 is 0.903 bits per heavy atom. The Hall–Kier alpha value is -5.23. The Labute approximate surface area is 441 Å². The van der Waals surface area contributed by atoms with Gasteiger partial charge in [0.15, 0.2) is 6.10 Å². The van der Waals surface area contributed by atoms with E-state index in [1.807, 2.05) is 12.2 Å². The first-order valence-corrected chi connectivity index (χ1v) is 28.1. The molecule has 1 atom stereocenters. The Morgan fingerprint density at radius 2 is 0.569 bits per heavy atom. The van der Waals surface area contributed by atoms with E-state index in [0.29, 0.717) is 19.3 Å². The van der Waals surface area contributed by atoms with Gasteiger partial charge in [-0.15, -0.1) is 0 Å². The van der Waals surface area contributed by atoms with Crippen LogP contribution in [-0.2, 0) is 28.6 Å². The largest absolute Gasteiger partial charge is 0.462 e. The fourth-order valence-corrected chi connectivity index (χ4v) is 6.83. The number of ether oxygens (including phenoxy) is 3. The molecule has 72 heavy (non-hydrogen) atoms. The first-order chi connectivity index (χ1) is 35.5. The van der Waals surface area contributed by atoms with Gasteiger partial charge < -0.3 is 14.2 Å². The van der Waals surface area contributed by atoms with Gasteiger partial charge in [-0.1, -0.05) is 236 Å². The highest BCUT2D eigenvalue weighted by Gasteiger charge is 2.19. The predicted octanol–water partition coefficient (Wildman–Crippen LogP) is 19.1. The third kappa shape index (κ3) is 55.7. The molecular weight excluding hydrogens is 889 g/mol. The van der Waals surface area contributed by atoms with Gasteiger partial charge in [0.25, 0.3) is 0 Å². The Morgan fingerprint density at radius 1 is 0.292 bits per heavy atom. The third-order valence-corrected chi connectivity index (χ3v) is 11.0. The van der Waals surface area contributed by atoms with Gasteiger partial charge in [0, 0.05) is 19.3 Å². The zero-order chi connectivity index (χ0) is 52.2. The predicted molar refractivity (Wildman–Crippen MR) is 311 cm³/mol. The fourth-order valence-electron chi connectivity index (χ4n) is 6.83. The number of carbonyl (C=O) groups is 3. The number of carbonyl (C=O) groups excluding carboxylic acids is 3. The van der Waals surface area contributed by atoms with Crippen LogP contribution in [0.3, 0.4) is 0 Å². The maximum absolute atomic E-state index is 12.7. The summed E-state index contributed by atoms with van der Waals surface area (Å²) in [7, 11) is 0. The number of hydrogen-bond donors (Lipinski definition) is 0. The van der Waals surface area contributed by atoms with E-state index in [0.717, 1.165) is 122 Å². The number of hydrogen-bond acceptors (Lipinski definition) is 6. The average molecular weight is 990 g/mol. The fraction of sp³-hybridized carbons (Fsp3) is 0.530. The van der Waals surface area contributed by atoms with Crippen LogP contribution in [0.15, 0.2) is 170 Å². The molecular formula is C66H100O6. The zero-order valence-corrected chi connectivity index (χ0v) is 45.6. The second-order valence-electron chi connectivity index (χ2n) is 17.7. The molecule has 0 aliphatic rings. The first kappa shape index (κ1) is 66.8. The minimum absolute atomic E-state index is 0.127. The van der Waals surface area contributed by atoms with Crippen LogP contribution < -0.4 is 0 Å². The molecule has 0 N–H and O–H groups in total. The van der Waals surface area contributed by atoms with Crippen LogP contribution in [0.25, 0.3) is 0 Å². The highest BCUT2D eigenvalue weighted by molar-refractivity contribution is 5.71. The van der Waals surface area contributed by atoms with E-state index in [4.69, 9.17) is 14.2 Å². The van der Waals surface area contributed by atoms with E-state index in [9.17, 15) is 14.4 Å². The van der Waals surface area contributed by atoms with Crippen LogP contribution in [0, 0.1) is 0 Å². The molecule has 0 aromatic carbocycles. The summed E-state index contributed by atoms with van der Waals surface area (Å²) in [6.07, 6.45) is 86.7. The molecule has 0 aromatic heterocycles. The van der Waals surface area contributed by atoms with Crippen LogP contribution in [0.5, 0.6) is 0 Å². The SMILES string of the molecule is CC/C=C\C/C=C\C/C=C\C/C=C\C/C=C\C/C=C\C/C=C\C/C=C\C/C=C\C/C=C\CCCCC(=O)OCC(COC(=O)CCCCCCCCCC)OC(=O)CC/C=C\C/C=C\C/C=C\C/C=C\CC. The summed E-state index contributed by atoms with van der Waals surface area (Å²) >= 11 is 0. The van der Waals surface area contributed by atoms with Crippen molar-refractivity contribution in [2.24, 2.45) is 0 Å². The van der Waals surface area contributed by atoms with Crippen molar-refractivity contribution in [1.82, 2.24) is 0 Å².